The summed E-state index contributed by atoms with van der Waals surface area (Å²) in [5.74, 6) is -0.200. The summed E-state index contributed by atoms with van der Waals surface area (Å²) >= 11 is 0.575. The van der Waals surface area contributed by atoms with Crippen molar-refractivity contribution in [1.29, 1.82) is 0 Å². The van der Waals surface area contributed by atoms with E-state index in [-0.39, 0.29) is 27.7 Å². The number of amides is 1. The van der Waals surface area contributed by atoms with Crippen LogP contribution in [0.5, 0.6) is 0 Å². The second kappa shape index (κ2) is 8.74. The lowest BCUT2D eigenvalue weighted by Crippen LogP contribution is -2.37. The average molecular weight is 503 g/mol. The van der Waals surface area contributed by atoms with E-state index in [0.717, 1.165) is 17.0 Å². The minimum Gasteiger partial charge on any atom is -0.457 e. The lowest BCUT2D eigenvalue weighted by molar-refractivity contribution is -0.385. The minimum atomic E-state index is -4.73. The standard InChI is InChI=1S/C20H13N3O9S2/c24-19-18(11-16-9-10-17(32-16)12-1-3-14(4-2-12)22(25)26)33-20(34(29,30)31)21(19)13-5-7-15(8-6-13)23(27)28/h1-11,20H,(H,29,30,31). The molecule has 12 nitrogen and oxygen atoms in total. The van der Waals surface area contributed by atoms with Crippen molar-refractivity contribution >= 4 is 50.9 Å². The second-order valence-corrected chi connectivity index (χ2v) is 9.80. The molecule has 2 aromatic carbocycles. The fourth-order valence-electron chi connectivity index (χ4n) is 3.15. The zero-order valence-electron chi connectivity index (χ0n) is 16.8. The molecule has 1 saturated heterocycles. The molecule has 1 atom stereocenters. The number of benzene rings is 2. The lowest BCUT2D eigenvalue weighted by atomic mass is 10.1. The molecular weight excluding hydrogens is 490 g/mol. The first-order chi connectivity index (χ1) is 16.0. The fraction of sp³-hybridized carbons (Fsp3) is 0.0500. The van der Waals surface area contributed by atoms with Gasteiger partial charge in [0, 0.05) is 41.6 Å². The van der Waals surface area contributed by atoms with Crippen LogP contribution in [0.25, 0.3) is 17.4 Å². The fourth-order valence-corrected chi connectivity index (χ4v) is 5.36. The summed E-state index contributed by atoms with van der Waals surface area (Å²) < 4.78 is 37.5. The van der Waals surface area contributed by atoms with Crippen molar-refractivity contribution in [3.05, 3.63) is 91.6 Å². The predicted octanol–water partition coefficient (Wildman–Crippen LogP) is 4.06. The summed E-state index contributed by atoms with van der Waals surface area (Å²) in [5, 5.41) is 21.7. The third-order valence-electron chi connectivity index (χ3n) is 4.72. The van der Waals surface area contributed by atoms with Crippen LogP contribution in [0, 0.1) is 20.2 Å². The van der Waals surface area contributed by atoms with Crippen molar-refractivity contribution in [2.24, 2.45) is 0 Å². The lowest BCUT2D eigenvalue weighted by Gasteiger charge is -2.20. The molecule has 174 valence electrons. The van der Waals surface area contributed by atoms with Crippen LogP contribution in [0.15, 0.2) is 70.0 Å². The highest BCUT2D eigenvalue weighted by atomic mass is 32.3. The Balaban J connectivity index is 1.64. The molecule has 0 saturated carbocycles. The Morgan fingerprint density at radius 2 is 1.50 bits per heavy atom. The van der Waals surface area contributed by atoms with Crippen molar-refractivity contribution in [2.75, 3.05) is 4.90 Å². The van der Waals surface area contributed by atoms with Gasteiger partial charge >= 0.3 is 0 Å². The summed E-state index contributed by atoms with van der Waals surface area (Å²) in [6.45, 7) is 0. The van der Waals surface area contributed by atoms with Crippen molar-refractivity contribution in [1.82, 2.24) is 0 Å². The zero-order valence-corrected chi connectivity index (χ0v) is 18.4. The summed E-state index contributed by atoms with van der Waals surface area (Å²) in [4.78, 5) is 34.2. The van der Waals surface area contributed by atoms with E-state index < -0.39 is 30.6 Å². The number of non-ortho nitro benzene ring substituents is 2. The second-order valence-electron chi connectivity index (χ2n) is 6.90. The highest BCUT2D eigenvalue weighted by Gasteiger charge is 2.44. The first-order valence-corrected chi connectivity index (χ1v) is 11.7. The van der Waals surface area contributed by atoms with Crippen LogP contribution in [0.1, 0.15) is 5.76 Å². The summed E-state index contributed by atoms with van der Waals surface area (Å²) in [7, 11) is -4.73. The van der Waals surface area contributed by atoms with Crippen molar-refractivity contribution in [3.63, 3.8) is 0 Å². The molecule has 1 unspecified atom stereocenters. The third-order valence-corrected chi connectivity index (χ3v) is 7.42. The number of carbonyl (C=O) groups is 1. The number of hydrogen-bond acceptors (Lipinski definition) is 9. The van der Waals surface area contributed by atoms with E-state index in [2.05, 4.69) is 0 Å². The van der Waals surface area contributed by atoms with Gasteiger partial charge in [0.15, 0.2) is 0 Å². The van der Waals surface area contributed by atoms with Crippen LogP contribution in [-0.4, -0.2) is 33.4 Å². The molecule has 1 aliphatic heterocycles. The molecule has 1 aliphatic rings. The number of nitrogens with zero attached hydrogens (tertiary/aromatic N) is 3. The van der Waals surface area contributed by atoms with E-state index in [1.54, 1.807) is 6.07 Å². The number of hydrogen-bond donors (Lipinski definition) is 1. The molecule has 14 heteroatoms. The molecule has 0 radical (unpaired) electrons. The summed E-state index contributed by atoms with van der Waals surface area (Å²) in [6, 6.07) is 13.3. The maximum Gasteiger partial charge on any atom is 0.297 e. The molecule has 0 spiro atoms. The van der Waals surface area contributed by atoms with Gasteiger partial charge in [-0.05, 0) is 36.4 Å². The monoisotopic (exact) mass is 503 g/mol. The van der Waals surface area contributed by atoms with E-state index in [1.807, 2.05) is 0 Å². The molecule has 1 amide bonds. The molecule has 34 heavy (non-hydrogen) atoms. The van der Waals surface area contributed by atoms with Crippen molar-refractivity contribution in [2.45, 2.75) is 4.71 Å². The van der Waals surface area contributed by atoms with Gasteiger partial charge in [0.25, 0.3) is 27.4 Å². The number of rotatable bonds is 6. The molecule has 2 heterocycles. The molecule has 4 rings (SSSR count). The third kappa shape index (κ3) is 4.54. The number of nitro benzene ring substituents is 2. The Labute approximate surface area is 195 Å². The van der Waals surface area contributed by atoms with E-state index in [0.29, 0.717) is 23.1 Å². The quantitative estimate of drug-likeness (QED) is 0.223. The first kappa shape index (κ1) is 23.2. The topological polar surface area (TPSA) is 174 Å². The number of carbonyl (C=O) groups excluding carboxylic acids is 1. The van der Waals surface area contributed by atoms with Crippen LogP contribution in [0.3, 0.4) is 0 Å². The van der Waals surface area contributed by atoms with Gasteiger partial charge in [0.2, 0.25) is 4.71 Å². The van der Waals surface area contributed by atoms with E-state index in [9.17, 15) is 38.0 Å². The van der Waals surface area contributed by atoms with Gasteiger partial charge in [0.1, 0.15) is 11.5 Å². The highest BCUT2D eigenvalue weighted by molar-refractivity contribution is 8.15. The van der Waals surface area contributed by atoms with E-state index in [1.165, 1.54) is 48.5 Å². The van der Waals surface area contributed by atoms with Crippen LogP contribution >= 0.6 is 11.8 Å². The maximum absolute atomic E-state index is 13.0. The first-order valence-electron chi connectivity index (χ1n) is 9.32. The molecule has 1 N–H and O–H groups in total. The Morgan fingerprint density at radius 3 is 2.03 bits per heavy atom. The Bertz CT molecular complexity index is 1430. The SMILES string of the molecule is O=C1C(=Cc2ccc(-c3ccc([N+](=O)[O-])cc3)o2)SC(S(=O)(=O)O)N1c1ccc([N+](=O)[O-])cc1. The van der Waals surface area contributed by atoms with Crippen LogP contribution in [-0.2, 0) is 14.9 Å². The van der Waals surface area contributed by atoms with E-state index in [4.69, 9.17) is 4.42 Å². The van der Waals surface area contributed by atoms with Crippen molar-refractivity contribution in [3.8, 4) is 11.3 Å². The highest BCUT2D eigenvalue weighted by Crippen LogP contribution is 2.42. The van der Waals surface area contributed by atoms with Gasteiger partial charge in [-0.1, -0.05) is 11.8 Å². The van der Waals surface area contributed by atoms with Gasteiger partial charge in [0.05, 0.1) is 14.8 Å². The number of anilines is 1. The smallest absolute Gasteiger partial charge is 0.297 e. The van der Waals surface area contributed by atoms with Gasteiger partial charge < -0.3 is 4.42 Å². The predicted molar refractivity (Wildman–Crippen MR) is 122 cm³/mol. The number of nitro groups is 2. The maximum atomic E-state index is 13.0. The average Bonchev–Trinajstić information content (AvgIpc) is 3.39. The van der Waals surface area contributed by atoms with Crippen LogP contribution in [0.2, 0.25) is 0 Å². The summed E-state index contributed by atoms with van der Waals surface area (Å²) in [5.41, 5.74) is 0.244. The minimum absolute atomic E-state index is 0.0418. The number of thioether (sulfide) groups is 1. The van der Waals surface area contributed by atoms with Crippen LogP contribution < -0.4 is 4.90 Å². The molecular formula is C20H13N3O9S2. The molecule has 0 aliphatic carbocycles. The van der Waals surface area contributed by atoms with E-state index >= 15 is 0 Å². The van der Waals surface area contributed by atoms with Gasteiger partial charge in [-0.3, -0.25) is 34.5 Å². The largest absolute Gasteiger partial charge is 0.457 e. The Morgan fingerprint density at radius 1 is 0.941 bits per heavy atom. The van der Waals surface area contributed by atoms with Gasteiger partial charge in [-0.2, -0.15) is 8.42 Å². The Hall–Kier alpha value is -4.01. The summed E-state index contributed by atoms with van der Waals surface area (Å²) in [6.07, 6.45) is 1.30. The van der Waals surface area contributed by atoms with Crippen molar-refractivity contribution < 1.29 is 32.0 Å². The van der Waals surface area contributed by atoms with Gasteiger partial charge in [-0.25, -0.2) is 0 Å². The number of furan rings is 1. The normalized spacial score (nSPS) is 17.3. The van der Waals surface area contributed by atoms with Crippen LogP contribution in [0.4, 0.5) is 17.1 Å². The molecule has 1 fully saturated rings. The Kier molecular flexibility index (Phi) is 5.95. The van der Waals surface area contributed by atoms with Gasteiger partial charge in [-0.15, -0.1) is 0 Å². The molecule has 1 aromatic heterocycles. The molecule has 3 aromatic rings. The molecule has 0 bridgehead atoms. The zero-order chi connectivity index (χ0) is 24.6.